The Morgan fingerprint density at radius 1 is 1.40 bits per heavy atom. The van der Waals surface area contributed by atoms with Crippen molar-refractivity contribution in [2.45, 2.75) is 30.6 Å². The number of halogens is 1. The molecule has 0 radical (unpaired) electrons. The van der Waals surface area contributed by atoms with Crippen LogP contribution in [0.25, 0.3) is 0 Å². The van der Waals surface area contributed by atoms with Gasteiger partial charge in [0.15, 0.2) is 0 Å². The molecule has 108 valence electrons. The van der Waals surface area contributed by atoms with Crippen LogP contribution in [0.2, 0.25) is 5.02 Å². The van der Waals surface area contributed by atoms with Crippen molar-refractivity contribution in [1.29, 1.82) is 5.26 Å². The first-order valence-corrected chi connectivity index (χ1v) is 8.43. The zero-order valence-corrected chi connectivity index (χ0v) is 12.9. The van der Waals surface area contributed by atoms with E-state index in [0.717, 1.165) is 12.8 Å². The average Bonchev–Trinajstić information content (AvgIpc) is 2.92. The van der Waals surface area contributed by atoms with E-state index in [-0.39, 0.29) is 9.92 Å². The molecule has 20 heavy (non-hydrogen) atoms. The van der Waals surface area contributed by atoms with Crippen LogP contribution in [0, 0.1) is 17.2 Å². The largest absolute Gasteiger partial charge is 0.244 e. The number of nitrogens with zero attached hydrogens (tertiary/aromatic N) is 2. The molecule has 1 fully saturated rings. The smallest absolute Gasteiger partial charge is 0.207 e. The molecule has 0 amide bonds. The molecule has 0 aromatic heterocycles. The Hall–Kier alpha value is -1.09. The monoisotopic (exact) mass is 312 g/mol. The van der Waals surface area contributed by atoms with Crippen molar-refractivity contribution in [3.05, 3.63) is 28.8 Å². The van der Waals surface area contributed by atoms with Gasteiger partial charge in [0, 0.05) is 13.6 Å². The standard InChI is InChI=1S/C14H17ClN2O2S/c1-17(10-11-4-2-3-5-11)20(18,19)14-8-12(9-16)6-7-13(14)15/h6-8,11H,2-5,10H2,1H3. The lowest BCUT2D eigenvalue weighted by molar-refractivity contribution is 0.387. The second-order valence-corrected chi connectivity index (χ2v) is 7.61. The molecule has 1 aromatic rings. The Kier molecular flexibility index (Phi) is 4.69. The van der Waals surface area contributed by atoms with E-state index in [1.807, 2.05) is 6.07 Å². The Bertz CT molecular complexity index is 631. The highest BCUT2D eigenvalue weighted by atomic mass is 35.5. The Morgan fingerprint density at radius 3 is 2.65 bits per heavy atom. The molecular weight excluding hydrogens is 296 g/mol. The number of benzene rings is 1. The molecule has 0 saturated heterocycles. The fourth-order valence-corrected chi connectivity index (χ4v) is 4.34. The summed E-state index contributed by atoms with van der Waals surface area (Å²) in [5.41, 5.74) is 0.294. The normalized spacial score (nSPS) is 16.5. The second-order valence-electron chi connectivity index (χ2n) is 5.19. The highest BCUT2D eigenvalue weighted by Gasteiger charge is 2.27. The van der Waals surface area contributed by atoms with Crippen LogP contribution in [0.3, 0.4) is 0 Å². The molecule has 0 spiro atoms. The van der Waals surface area contributed by atoms with Crippen LogP contribution in [-0.2, 0) is 10.0 Å². The van der Waals surface area contributed by atoms with Crippen molar-refractivity contribution in [1.82, 2.24) is 4.31 Å². The maximum Gasteiger partial charge on any atom is 0.244 e. The molecule has 0 N–H and O–H groups in total. The van der Waals surface area contributed by atoms with Gasteiger partial charge < -0.3 is 0 Å². The molecule has 1 saturated carbocycles. The molecule has 4 nitrogen and oxygen atoms in total. The van der Waals surface area contributed by atoms with Crippen LogP contribution in [-0.4, -0.2) is 26.3 Å². The van der Waals surface area contributed by atoms with Crippen LogP contribution < -0.4 is 0 Å². The van der Waals surface area contributed by atoms with Gasteiger partial charge in [-0.2, -0.15) is 5.26 Å². The number of hydrogen-bond donors (Lipinski definition) is 0. The third-order valence-electron chi connectivity index (χ3n) is 3.74. The summed E-state index contributed by atoms with van der Waals surface area (Å²) in [7, 11) is -2.07. The van der Waals surface area contributed by atoms with E-state index in [0.29, 0.717) is 18.0 Å². The summed E-state index contributed by atoms with van der Waals surface area (Å²) >= 11 is 5.98. The van der Waals surface area contributed by atoms with E-state index in [4.69, 9.17) is 16.9 Å². The zero-order chi connectivity index (χ0) is 14.8. The van der Waals surface area contributed by atoms with E-state index < -0.39 is 10.0 Å². The van der Waals surface area contributed by atoms with Crippen LogP contribution in [0.4, 0.5) is 0 Å². The van der Waals surface area contributed by atoms with E-state index in [1.54, 1.807) is 7.05 Å². The Labute approximate surface area is 125 Å². The van der Waals surface area contributed by atoms with Gasteiger partial charge in [-0.25, -0.2) is 12.7 Å². The minimum atomic E-state index is -3.64. The van der Waals surface area contributed by atoms with Crippen molar-refractivity contribution in [3.63, 3.8) is 0 Å². The molecule has 1 aliphatic rings. The van der Waals surface area contributed by atoms with Crippen LogP contribution >= 0.6 is 11.6 Å². The summed E-state index contributed by atoms with van der Waals surface area (Å²) in [6.45, 7) is 0.509. The lowest BCUT2D eigenvalue weighted by Gasteiger charge is -2.21. The van der Waals surface area contributed by atoms with Crippen LogP contribution in [0.5, 0.6) is 0 Å². The molecule has 0 aliphatic heterocycles. The first-order chi connectivity index (χ1) is 9.45. The molecule has 2 rings (SSSR count). The fraction of sp³-hybridized carbons (Fsp3) is 0.500. The lowest BCUT2D eigenvalue weighted by Crippen LogP contribution is -2.31. The fourth-order valence-electron chi connectivity index (χ4n) is 2.59. The predicted molar refractivity (Wildman–Crippen MR) is 77.9 cm³/mol. The maximum atomic E-state index is 12.5. The summed E-state index contributed by atoms with van der Waals surface area (Å²) in [6.07, 6.45) is 4.49. The number of rotatable bonds is 4. The molecule has 0 unspecified atom stereocenters. The Balaban J connectivity index is 2.27. The van der Waals surface area contributed by atoms with Crippen LogP contribution in [0.1, 0.15) is 31.2 Å². The quantitative estimate of drug-likeness (QED) is 0.858. The van der Waals surface area contributed by atoms with Crippen molar-refractivity contribution in [2.75, 3.05) is 13.6 Å². The number of sulfonamides is 1. The molecule has 1 aliphatic carbocycles. The van der Waals surface area contributed by atoms with E-state index in [9.17, 15) is 8.42 Å². The topological polar surface area (TPSA) is 61.2 Å². The van der Waals surface area contributed by atoms with E-state index in [1.165, 1.54) is 35.3 Å². The van der Waals surface area contributed by atoms with Crippen molar-refractivity contribution in [3.8, 4) is 6.07 Å². The SMILES string of the molecule is CN(CC1CCCC1)S(=O)(=O)c1cc(C#N)ccc1Cl. The van der Waals surface area contributed by atoms with Gasteiger partial charge in [-0.3, -0.25) is 0 Å². The van der Waals surface area contributed by atoms with Crippen molar-refractivity contribution in [2.24, 2.45) is 5.92 Å². The van der Waals surface area contributed by atoms with Gasteiger partial charge >= 0.3 is 0 Å². The first kappa shape index (κ1) is 15.3. The average molecular weight is 313 g/mol. The summed E-state index contributed by atoms with van der Waals surface area (Å²) in [5.74, 6) is 0.424. The van der Waals surface area contributed by atoms with E-state index in [2.05, 4.69) is 0 Å². The summed E-state index contributed by atoms with van der Waals surface area (Å²) in [5, 5.41) is 9.04. The van der Waals surface area contributed by atoms with Gasteiger partial charge in [0.1, 0.15) is 4.90 Å². The minimum Gasteiger partial charge on any atom is -0.207 e. The predicted octanol–water partition coefficient (Wildman–Crippen LogP) is 3.02. The van der Waals surface area contributed by atoms with Gasteiger partial charge in [-0.05, 0) is 37.0 Å². The van der Waals surface area contributed by atoms with Gasteiger partial charge in [0.25, 0.3) is 0 Å². The Morgan fingerprint density at radius 2 is 2.05 bits per heavy atom. The summed E-state index contributed by atoms with van der Waals surface area (Å²) in [6, 6.07) is 6.24. The molecule has 0 atom stereocenters. The zero-order valence-electron chi connectivity index (χ0n) is 11.3. The van der Waals surface area contributed by atoms with Gasteiger partial charge in [0.2, 0.25) is 10.0 Å². The maximum absolute atomic E-state index is 12.5. The molecule has 0 heterocycles. The van der Waals surface area contributed by atoms with Gasteiger partial charge in [0.05, 0.1) is 16.7 Å². The highest BCUT2D eigenvalue weighted by Crippen LogP contribution is 2.29. The third-order valence-corrected chi connectivity index (χ3v) is 6.04. The van der Waals surface area contributed by atoms with Crippen molar-refractivity contribution < 1.29 is 8.42 Å². The first-order valence-electron chi connectivity index (χ1n) is 6.61. The van der Waals surface area contributed by atoms with Gasteiger partial charge in [-0.15, -0.1) is 0 Å². The van der Waals surface area contributed by atoms with E-state index >= 15 is 0 Å². The molecule has 1 aromatic carbocycles. The molecular formula is C14H17ClN2O2S. The highest BCUT2D eigenvalue weighted by molar-refractivity contribution is 7.89. The van der Waals surface area contributed by atoms with Crippen LogP contribution in [0.15, 0.2) is 23.1 Å². The second kappa shape index (κ2) is 6.13. The minimum absolute atomic E-state index is 0.0127. The lowest BCUT2D eigenvalue weighted by atomic mass is 10.1. The molecule has 0 bridgehead atoms. The van der Waals surface area contributed by atoms with Crippen molar-refractivity contribution >= 4 is 21.6 Å². The summed E-state index contributed by atoms with van der Waals surface area (Å²) in [4.78, 5) is 0.0127. The molecule has 6 heteroatoms. The third kappa shape index (κ3) is 3.14. The number of hydrogen-bond acceptors (Lipinski definition) is 3. The summed E-state index contributed by atoms with van der Waals surface area (Å²) < 4.78 is 26.4. The van der Waals surface area contributed by atoms with Gasteiger partial charge in [-0.1, -0.05) is 24.4 Å². The number of nitriles is 1.